The first kappa shape index (κ1) is 20.9. The fourth-order valence-corrected chi connectivity index (χ4v) is 2.84. The van der Waals surface area contributed by atoms with Crippen molar-refractivity contribution >= 4 is 28.9 Å². The number of aliphatic hydroxyl groups is 1. The van der Waals surface area contributed by atoms with Crippen LogP contribution < -0.4 is 16.0 Å². The summed E-state index contributed by atoms with van der Waals surface area (Å²) in [7, 11) is 0. The maximum absolute atomic E-state index is 14.3. The molecule has 164 valence electrons. The number of carbonyl (C=O) groups is 1. The van der Waals surface area contributed by atoms with Crippen LogP contribution in [0.15, 0.2) is 30.7 Å². The number of halogens is 2. The van der Waals surface area contributed by atoms with Gasteiger partial charge in [0.1, 0.15) is 12.0 Å². The van der Waals surface area contributed by atoms with Gasteiger partial charge >= 0.3 is 0 Å². The van der Waals surface area contributed by atoms with Gasteiger partial charge in [0.25, 0.3) is 5.91 Å². The van der Waals surface area contributed by atoms with Crippen LogP contribution >= 0.6 is 0 Å². The van der Waals surface area contributed by atoms with Crippen molar-refractivity contribution in [3.05, 3.63) is 42.1 Å². The Labute approximate surface area is 176 Å². The molecular weight excluding hydrogens is 408 g/mol. The molecule has 0 aromatic carbocycles. The molecule has 1 aliphatic carbocycles. The fraction of sp³-hybridized carbons (Fsp3) is 0.400. The zero-order valence-electron chi connectivity index (χ0n) is 17.1. The second-order valence-electron chi connectivity index (χ2n) is 8.06. The Morgan fingerprint density at radius 2 is 2.19 bits per heavy atom. The number of pyridine rings is 1. The maximum Gasteiger partial charge on any atom is 0.255 e. The van der Waals surface area contributed by atoms with Crippen LogP contribution in [-0.2, 0) is 0 Å². The lowest BCUT2D eigenvalue weighted by molar-refractivity contribution is -0.00177. The molecular formula is C20H23F2N7O2. The van der Waals surface area contributed by atoms with Gasteiger partial charge in [-0.05, 0) is 26.7 Å². The predicted molar refractivity (Wildman–Crippen MR) is 111 cm³/mol. The average Bonchev–Trinajstić information content (AvgIpc) is 3.41. The van der Waals surface area contributed by atoms with E-state index in [1.165, 1.54) is 37.0 Å². The summed E-state index contributed by atoms with van der Waals surface area (Å²) in [4.78, 5) is 21.0. The molecule has 9 nitrogen and oxygen atoms in total. The van der Waals surface area contributed by atoms with Crippen LogP contribution in [0.1, 0.15) is 37.0 Å². The van der Waals surface area contributed by atoms with Crippen molar-refractivity contribution < 1.29 is 18.7 Å². The number of alkyl halides is 1. The lowest BCUT2D eigenvalue weighted by atomic mass is 10.0. The number of nitrogens with zero attached hydrogens (tertiary/aromatic N) is 4. The largest absolute Gasteiger partial charge is 0.387 e. The molecule has 0 bridgehead atoms. The zero-order valence-corrected chi connectivity index (χ0v) is 17.1. The predicted octanol–water partition coefficient (Wildman–Crippen LogP) is 2.42. The van der Waals surface area contributed by atoms with Gasteiger partial charge in [-0.3, -0.25) is 4.79 Å². The van der Waals surface area contributed by atoms with Crippen LogP contribution in [0.2, 0.25) is 0 Å². The number of hydrogen-bond acceptors (Lipinski definition) is 7. The number of carbonyl (C=O) groups excluding carboxylic acids is 1. The quantitative estimate of drug-likeness (QED) is 0.433. The molecule has 1 fully saturated rings. The fourth-order valence-electron chi connectivity index (χ4n) is 2.84. The van der Waals surface area contributed by atoms with Gasteiger partial charge in [-0.1, -0.05) is 0 Å². The highest BCUT2D eigenvalue weighted by molar-refractivity contribution is 6.00. The maximum atomic E-state index is 14.3. The van der Waals surface area contributed by atoms with Crippen molar-refractivity contribution in [1.29, 1.82) is 0 Å². The van der Waals surface area contributed by atoms with E-state index < -0.39 is 23.5 Å². The van der Waals surface area contributed by atoms with E-state index in [0.717, 1.165) is 12.8 Å². The summed E-state index contributed by atoms with van der Waals surface area (Å²) in [6, 6.07) is 3.44. The van der Waals surface area contributed by atoms with Gasteiger partial charge in [0.05, 0.1) is 35.8 Å². The minimum atomic E-state index is -1.63. The lowest BCUT2D eigenvalue weighted by Gasteiger charge is -2.22. The molecule has 0 aliphatic heterocycles. The summed E-state index contributed by atoms with van der Waals surface area (Å²) in [5.74, 6) is -0.883. The normalized spacial score (nSPS) is 15.0. The summed E-state index contributed by atoms with van der Waals surface area (Å²) in [6.07, 6.45) is 4.34. The summed E-state index contributed by atoms with van der Waals surface area (Å²) >= 11 is 0. The third kappa shape index (κ3) is 4.88. The molecule has 0 saturated heterocycles. The van der Waals surface area contributed by atoms with Crippen LogP contribution in [-0.4, -0.2) is 55.0 Å². The average molecular weight is 431 g/mol. The summed E-state index contributed by atoms with van der Waals surface area (Å²) in [5, 5.41) is 22.2. The Morgan fingerprint density at radius 3 is 2.90 bits per heavy atom. The van der Waals surface area contributed by atoms with E-state index in [-0.39, 0.29) is 29.8 Å². The minimum absolute atomic E-state index is 0.0273. The number of nitrogens with one attached hydrogen (secondary N) is 3. The van der Waals surface area contributed by atoms with Crippen LogP contribution in [0.5, 0.6) is 0 Å². The molecule has 1 saturated carbocycles. The Kier molecular flexibility index (Phi) is 5.44. The first-order valence-electron chi connectivity index (χ1n) is 9.89. The monoisotopic (exact) mass is 431 g/mol. The molecule has 0 radical (unpaired) electrons. The molecule has 1 amide bonds. The molecule has 1 atom stereocenters. The van der Waals surface area contributed by atoms with Crippen molar-refractivity contribution in [2.75, 3.05) is 17.2 Å². The highest BCUT2D eigenvalue weighted by Crippen LogP contribution is 2.29. The first-order chi connectivity index (χ1) is 14.7. The number of amides is 1. The number of hydrogen-bond donors (Lipinski definition) is 4. The smallest absolute Gasteiger partial charge is 0.255 e. The van der Waals surface area contributed by atoms with Crippen LogP contribution in [0.25, 0.3) is 5.65 Å². The highest BCUT2D eigenvalue weighted by Gasteiger charge is 2.28. The summed E-state index contributed by atoms with van der Waals surface area (Å²) in [6.45, 7) is 2.33. The Balaban J connectivity index is 1.55. The SMILES string of the molecule is CC(C)(O)[C@H](F)CNC(=O)c1cnc(Nc2nc3ccnn3cc2F)cc1NC1CC1. The molecule has 3 heterocycles. The number of anilines is 3. The van der Waals surface area contributed by atoms with Gasteiger partial charge in [0, 0.05) is 24.4 Å². The van der Waals surface area contributed by atoms with Gasteiger partial charge < -0.3 is 21.1 Å². The van der Waals surface area contributed by atoms with E-state index in [1.807, 2.05) is 0 Å². The first-order valence-corrected chi connectivity index (χ1v) is 9.89. The van der Waals surface area contributed by atoms with Gasteiger partial charge in [0.15, 0.2) is 17.3 Å². The van der Waals surface area contributed by atoms with Crippen LogP contribution in [0.3, 0.4) is 0 Å². The summed E-state index contributed by atoms with van der Waals surface area (Å²) in [5.41, 5.74) is -0.395. The second-order valence-corrected chi connectivity index (χ2v) is 8.06. The van der Waals surface area contributed by atoms with E-state index in [2.05, 4.69) is 31.0 Å². The lowest BCUT2D eigenvalue weighted by Crippen LogP contribution is -2.42. The third-order valence-corrected chi connectivity index (χ3v) is 4.88. The van der Waals surface area contributed by atoms with E-state index in [9.17, 15) is 18.7 Å². The summed E-state index contributed by atoms with van der Waals surface area (Å²) < 4.78 is 29.6. The molecule has 4 N–H and O–H groups in total. The molecule has 4 rings (SSSR count). The van der Waals surface area contributed by atoms with Gasteiger partial charge in [-0.2, -0.15) is 5.10 Å². The Hall–Kier alpha value is -3.34. The van der Waals surface area contributed by atoms with E-state index >= 15 is 0 Å². The van der Waals surface area contributed by atoms with E-state index in [0.29, 0.717) is 11.3 Å². The van der Waals surface area contributed by atoms with Crippen molar-refractivity contribution in [1.82, 2.24) is 24.9 Å². The minimum Gasteiger partial charge on any atom is -0.387 e. The molecule has 0 spiro atoms. The van der Waals surface area contributed by atoms with Crippen molar-refractivity contribution in [2.24, 2.45) is 0 Å². The van der Waals surface area contributed by atoms with Crippen LogP contribution in [0.4, 0.5) is 26.1 Å². The molecule has 3 aromatic heterocycles. The molecule has 11 heteroatoms. The van der Waals surface area contributed by atoms with Crippen molar-refractivity contribution in [3.63, 3.8) is 0 Å². The molecule has 3 aromatic rings. The standard InChI is InChI=1S/C20H23F2N7O2/c1-20(2,31)15(22)9-24-19(30)12-8-23-16(7-14(12)26-11-3-4-11)27-18-13(21)10-29-17(28-18)5-6-25-29/h5-8,10-11,15,31H,3-4,9H2,1-2H3,(H,24,30)(H2,23,26,27,28)/t15-/m1/s1. The van der Waals surface area contributed by atoms with Gasteiger partial charge in [-0.15, -0.1) is 0 Å². The number of fused-ring (bicyclic) bond motifs is 1. The molecule has 1 aliphatic rings. The zero-order chi connectivity index (χ0) is 22.2. The Morgan fingerprint density at radius 1 is 1.42 bits per heavy atom. The van der Waals surface area contributed by atoms with Crippen molar-refractivity contribution in [2.45, 2.75) is 44.5 Å². The number of rotatable bonds is 8. The Bertz CT molecular complexity index is 1110. The molecule has 31 heavy (non-hydrogen) atoms. The third-order valence-electron chi connectivity index (χ3n) is 4.88. The van der Waals surface area contributed by atoms with Crippen molar-refractivity contribution in [3.8, 4) is 0 Å². The van der Waals surface area contributed by atoms with E-state index in [4.69, 9.17) is 0 Å². The van der Waals surface area contributed by atoms with Gasteiger partial charge in [-0.25, -0.2) is 23.3 Å². The second kappa shape index (κ2) is 8.06. The highest BCUT2D eigenvalue weighted by atomic mass is 19.1. The van der Waals surface area contributed by atoms with E-state index in [1.54, 1.807) is 12.1 Å². The van der Waals surface area contributed by atoms with Crippen LogP contribution in [0, 0.1) is 5.82 Å². The number of aromatic nitrogens is 4. The molecule has 0 unspecified atom stereocenters. The van der Waals surface area contributed by atoms with Gasteiger partial charge in [0.2, 0.25) is 0 Å². The topological polar surface area (TPSA) is 116 Å².